The molecular weight excluding hydrogens is 400 g/mol. The van der Waals surface area contributed by atoms with E-state index in [0.29, 0.717) is 11.3 Å². The molecule has 0 amide bonds. The van der Waals surface area contributed by atoms with Gasteiger partial charge in [-0.1, -0.05) is 42.5 Å². The summed E-state index contributed by atoms with van der Waals surface area (Å²) in [5.41, 5.74) is 4.15. The molecule has 0 spiro atoms. The quantitative estimate of drug-likeness (QED) is 0.211. The summed E-state index contributed by atoms with van der Waals surface area (Å²) < 4.78 is 19.7. The van der Waals surface area contributed by atoms with Crippen LogP contribution in [0.15, 0.2) is 65.9 Å². The molecule has 162 valence electrons. The fraction of sp³-hybridized carbons (Fsp3) is 0.250. The molecule has 0 aromatic heterocycles. The van der Waals surface area contributed by atoms with Crippen molar-refractivity contribution in [3.05, 3.63) is 77.0 Å². The molecule has 0 fully saturated rings. The maximum absolute atomic E-state index is 12.7. The van der Waals surface area contributed by atoms with Crippen LogP contribution in [0.2, 0.25) is 0 Å². The van der Waals surface area contributed by atoms with Crippen LogP contribution in [0.5, 0.6) is 5.75 Å². The maximum atomic E-state index is 12.7. The maximum Gasteiger partial charge on any atom is 0.342 e. The lowest BCUT2D eigenvalue weighted by molar-refractivity contribution is -0.159. The number of benzene rings is 2. The zero-order valence-electron chi connectivity index (χ0n) is 17.8. The van der Waals surface area contributed by atoms with Gasteiger partial charge in [0.05, 0.1) is 34.0 Å². The first-order valence-electron chi connectivity index (χ1n) is 9.36. The molecule has 1 unspecified atom stereocenters. The van der Waals surface area contributed by atoms with E-state index >= 15 is 0 Å². The zero-order chi connectivity index (χ0) is 22.8. The van der Waals surface area contributed by atoms with E-state index in [2.05, 4.69) is 5.73 Å². The highest BCUT2D eigenvalue weighted by Gasteiger charge is 2.42. The molecule has 0 heterocycles. The third-order valence-electron chi connectivity index (χ3n) is 4.63. The van der Waals surface area contributed by atoms with Gasteiger partial charge >= 0.3 is 17.9 Å². The topological polar surface area (TPSA) is 88.1 Å². The minimum atomic E-state index is -1.43. The summed E-state index contributed by atoms with van der Waals surface area (Å²) in [7, 11) is 5.10. The Morgan fingerprint density at radius 2 is 1.39 bits per heavy atom. The minimum absolute atomic E-state index is 0.0229. The Bertz CT molecular complexity index is 955. The van der Waals surface area contributed by atoms with E-state index in [1.807, 2.05) is 0 Å². The van der Waals surface area contributed by atoms with Crippen molar-refractivity contribution in [2.75, 3.05) is 28.4 Å². The summed E-state index contributed by atoms with van der Waals surface area (Å²) in [6.07, 6.45) is 1.56. The van der Waals surface area contributed by atoms with Gasteiger partial charge < -0.3 is 18.9 Å². The molecule has 0 bridgehead atoms. The van der Waals surface area contributed by atoms with Gasteiger partial charge in [0.2, 0.25) is 0 Å². The van der Waals surface area contributed by atoms with Gasteiger partial charge in [-0.3, -0.25) is 9.59 Å². The van der Waals surface area contributed by atoms with E-state index in [1.165, 1.54) is 7.11 Å². The SMILES string of the molecule is COC(=O)C(=C=Cc1ccc(OC)cc1)C(c1ccccc1)C(C(=O)OC)C(=O)OC. The lowest BCUT2D eigenvalue weighted by Crippen LogP contribution is -2.34. The molecule has 0 aliphatic carbocycles. The summed E-state index contributed by atoms with van der Waals surface area (Å²) in [5, 5.41) is 0. The van der Waals surface area contributed by atoms with Crippen molar-refractivity contribution in [3.63, 3.8) is 0 Å². The van der Waals surface area contributed by atoms with E-state index < -0.39 is 29.7 Å². The van der Waals surface area contributed by atoms with Gasteiger partial charge in [-0.15, -0.1) is 5.73 Å². The number of methoxy groups -OCH3 is 4. The van der Waals surface area contributed by atoms with Crippen LogP contribution in [0, 0.1) is 5.92 Å². The van der Waals surface area contributed by atoms with Gasteiger partial charge in [0, 0.05) is 5.92 Å². The average Bonchev–Trinajstić information content (AvgIpc) is 2.83. The Morgan fingerprint density at radius 3 is 1.87 bits per heavy atom. The normalized spacial score (nSPS) is 11.0. The molecule has 7 heteroatoms. The molecule has 0 saturated heterocycles. The Labute approximate surface area is 180 Å². The van der Waals surface area contributed by atoms with Gasteiger partial charge in [-0.05, 0) is 29.3 Å². The predicted molar refractivity (Wildman–Crippen MR) is 113 cm³/mol. The molecule has 7 nitrogen and oxygen atoms in total. The first kappa shape index (κ1) is 23.4. The average molecular weight is 424 g/mol. The van der Waals surface area contributed by atoms with Crippen molar-refractivity contribution in [2.24, 2.45) is 5.92 Å². The van der Waals surface area contributed by atoms with Gasteiger partial charge in [0.25, 0.3) is 0 Å². The van der Waals surface area contributed by atoms with Crippen LogP contribution in [0.3, 0.4) is 0 Å². The van der Waals surface area contributed by atoms with E-state index in [-0.39, 0.29) is 5.57 Å². The summed E-state index contributed by atoms with van der Waals surface area (Å²) in [4.78, 5) is 37.8. The number of hydrogen-bond donors (Lipinski definition) is 0. The number of hydrogen-bond acceptors (Lipinski definition) is 7. The van der Waals surface area contributed by atoms with Crippen molar-refractivity contribution < 1.29 is 33.3 Å². The zero-order valence-corrected chi connectivity index (χ0v) is 17.8. The van der Waals surface area contributed by atoms with Gasteiger partial charge in [-0.25, -0.2) is 4.79 Å². The molecule has 31 heavy (non-hydrogen) atoms. The lowest BCUT2D eigenvalue weighted by atomic mass is 9.80. The van der Waals surface area contributed by atoms with Crippen molar-refractivity contribution in [2.45, 2.75) is 5.92 Å². The summed E-state index contributed by atoms with van der Waals surface area (Å²) >= 11 is 0. The number of ether oxygens (including phenoxy) is 4. The highest BCUT2D eigenvalue weighted by atomic mass is 16.5. The highest BCUT2D eigenvalue weighted by molar-refractivity contribution is 6.00. The largest absolute Gasteiger partial charge is 0.497 e. The van der Waals surface area contributed by atoms with E-state index in [9.17, 15) is 14.4 Å². The first-order chi connectivity index (χ1) is 15.0. The first-order valence-corrected chi connectivity index (χ1v) is 9.36. The van der Waals surface area contributed by atoms with E-state index in [0.717, 1.165) is 19.8 Å². The van der Waals surface area contributed by atoms with Crippen molar-refractivity contribution in [1.82, 2.24) is 0 Å². The Hall–Kier alpha value is -3.83. The minimum Gasteiger partial charge on any atom is -0.497 e. The Morgan fingerprint density at radius 1 is 0.806 bits per heavy atom. The molecule has 2 aromatic carbocycles. The number of carbonyl (C=O) groups excluding carboxylic acids is 3. The molecular formula is C24H24O7. The van der Waals surface area contributed by atoms with Crippen molar-refractivity contribution >= 4 is 24.0 Å². The third-order valence-corrected chi connectivity index (χ3v) is 4.63. The predicted octanol–water partition coefficient (Wildman–Crippen LogP) is 3.15. The van der Waals surface area contributed by atoms with Crippen LogP contribution >= 0.6 is 0 Å². The number of esters is 3. The van der Waals surface area contributed by atoms with Crippen LogP contribution in [0.25, 0.3) is 6.08 Å². The van der Waals surface area contributed by atoms with Crippen molar-refractivity contribution in [1.29, 1.82) is 0 Å². The van der Waals surface area contributed by atoms with E-state index in [1.54, 1.807) is 67.8 Å². The summed E-state index contributed by atoms with van der Waals surface area (Å²) in [6.45, 7) is 0. The van der Waals surface area contributed by atoms with Crippen LogP contribution in [0.4, 0.5) is 0 Å². The summed E-state index contributed by atoms with van der Waals surface area (Å²) in [5.74, 6) is -4.21. The Balaban J connectivity index is 2.71. The van der Waals surface area contributed by atoms with Crippen LogP contribution < -0.4 is 4.74 Å². The van der Waals surface area contributed by atoms with E-state index in [4.69, 9.17) is 18.9 Å². The van der Waals surface area contributed by atoms with Crippen LogP contribution in [0.1, 0.15) is 17.0 Å². The van der Waals surface area contributed by atoms with Gasteiger partial charge in [-0.2, -0.15) is 0 Å². The molecule has 2 rings (SSSR count). The molecule has 0 radical (unpaired) electrons. The monoisotopic (exact) mass is 424 g/mol. The number of carbonyl (C=O) groups is 3. The second-order valence-electron chi connectivity index (χ2n) is 6.38. The fourth-order valence-corrected chi connectivity index (χ4v) is 3.06. The molecule has 0 saturated carbocycles. The van der Waals surface area contributed by atoms with Gasteiger partial charge in [0.15, 0.2) is 5.92 Å². The fourth-order valence-electron chi connectivity index (χ4n) is 3.06. The second kappa shape index (κ2) is 11.4. The molecule has 1 atom stereocenters. The second-order valence-corrected chi connectivity index (χ2v) is 6.38. The molecule has 0 N–H and O–H groups in total. The lowest BCUT2D eigenvalue weighted by Gasteiger charge is -2.24. The molecule has 0 aliphatic rings. The number of rotatable bonds is 8. The van der Waals surface area contributed by atoms with Crippen molar-refractivity contribution in [3.8, 4) is 5.75 Å². The summed E-state index contributed by atoms with van der Waals surface area (Å²) in [6, 6.07) is 15.7. The molecule has 2 aromatic rings. The van der Waals surface area contributed by atoms with Gasteiger partial charge in [0.1, 0.15) is 5.75 Å². The standard InChI is InChI=1S/C24H24O7/c1-28-18-13-10-16(11-14-18)12-15-19(22(25)29-2)20(17-8-6-5-7-9-17)21(23(26)30-3)24(27)31-4/h5-14,20-21H,1-4H3. The highest BCUT2D eigenvalue weighted by Crippen LogP contribution is 2.34. The van der Waals surface area contributed by atoms with Crippen LogP contribution in [-0.2, 0) is 28.6 Å². The van der Waals surface area contributed by atoms with Crippen LogP contribution in [-0.4, -0.2) is 46.3 Å². The Kier molecular flexibility index (Phi) is 8.61. The molecule has 0 aliphatic heterocycles. The third kappa shape index (κ3) is 5.84. The smallest absolute Gasteiger partial charge is 0.342 e.